The molecule has 0 unspecified atom stereocenters. The third-order valence-electron chi connectivity index (χ3n) is 5.38. The van der Waals surface area contributed by atoms with Crippen LogP contribution in [0, 0.1) is 20.8 Å². The van der Waals surface area contributed by atoms with Gasteiger partial charge >= 0.3 is 0 Å². The van der Waals surface area contributed by atoms with Gasteiger partial charge in [0.15, 0.2) is 0 Å². The Balaban J connectivity index is 1.68. The number of likely N-dealkylation sites (N-methyl/N-ethyl adjacent to an activating group) is 1. The lowest BCUT2D eigenvalue weighted by molar-refractivity contribution is 0.148. The first-order chi connectivity index (χ1) is 12.4. The molecule has 142 valence electrons. The van der Waals surface area contributed by atoms with Crippen molar-refractivity contribution in [1.82, 2.24) is 24.3 Å². The van der Waals surface area contributed by atoms with Crippen molar-refractivity contribution >= 4 is 11.5 Å². The molecule has 26 heavy (non-hydrogen) atoms. The number of piperazine rings is 1. The molecule has 0 saturated carbocycles. The Kier molecular flexibility index (Phi) is 6.40. The van der Waals surface area contributed by atoms with E-state index in [1.165, 1.54) is 51.8 Å². The molecule has 0 atom stereocenters. The molecule has 2 aromatic rings. The molecule has 0 N–H and O–H groups in total. The lowest BCUT2D eigenvalue weighted by Crippen LogP contribution is -2.44. The first-order valence-electron chi connectivity index (χ1n) is 9.38. The van der Waals surface area contributed by atoms with Crippen molar-refractivity contribution in [2.45, 2.75) is 40.4 Å². The monoisotopic (exact) mass is 373 g/mol. The van der Waals surface area contributed by atoms with Crippen LogP contribution in [-0.2, 0) is 19.6 Å². The summed E-state index contributed by atoms with van der Waals surface area (Å²) in [6.45, 7) is 14.1. The van der Waals surface area contributed by atoms with Gasteiger partial charge in [-0.05, 0) is 68.7 Å². The quantitative estimate of drug-likeness (QED) is 0.778. The summed E-state index contributed by atoms with van der Waals surface area (Å²) in [6.07, 6.45) is 0. The molecule has 1 aliphatic rings. The van der Waals surface area contributed by atoms with Crippen molar-refractivity contribution in [1.29, 1.82) is 0 Å². The SMILES string of the molecule is Cc1cc(C)c(CN2CCN(C)CC2)cc1CN(C)Cc1snnc1C. The Hall–Kier alpha value is -1.34. The topological polar surface area (TPSA) is 35.5 Å². The summed E-state index contributed by atoms with van der Waals surface area (Å²) < 4.78 is 4.05. The fraction of sp³-hybridized carbons (Fsp3) is 0.600. The van der Waals surface area contributed by atoms with Gasteiger partial charge in [0.2, 0.25) is 0 Å². The molecular formula is C20H31N5S. The summed E-state index contributed by atoms with van der Waals surface area (Å²) in [7, 11) is 4.39. The van der Waals surface area contributed by atoms with E-state index in [-0.39, 0.29) is 0 Å². The van der Waals surface area contributed by atoms with Crippen molar-refractivity contribution in [3.8, 4) is 0 Å². The van der Waals surface area contributed by atoms with E-state index in [4.69, 9.17) is 0 Å². The lowest BCUT2D eigenvalue weighted by atomic mass is 9.99. The van der Waals surface area contributed by atoms with E-state index in [0.29, 0.717) is 0 Å². The number of aromatic nitrogens is 2. The largest absolute Gasteiger partial charge is 0.304 e. The molecular weight excluding hydrogens is 342 g/mol. The Morgan fingerprint density at radius 3 is 2.35 bits per heavy atom. The maximum Gasteiger partial charge on any atom is 0.0769 e. The molecule has 0 bridgehead atoms. The van der Waals surface area contributed by atoms with E-state index in [1.54, 1.807) is 0 Å². The predicted octanol–water partition coefficient (Wildman–Crippen LogP) is 2.84. The van der Waals surface area contributed by atoms with Gasteiger partial charge in [0.1, 0.15) is 0 Å². The number of hydrogen-bond acceptors (Lipinski definition) is 6. The minimum atomic E-state index is 0.907. The molecule has 0 aliphatic carbocycles. The summed E-state index contributed by atoms with van der Waals surface area (Å²) in [5.74, 6) is 0. The highest BCUT2D eigenvalue weighted by atomic mass is 32.1. The van der Waals surface area contributed by atoms with Crippen LogP contribution < -0.4 is 0 Å². The molecule has 1 aromatic carbocycles. The average molecular weight is 374 g/mol. The Labute approximate surface area is 161 Å². The van der Waals surface area contributed by atoms with Gasteiger partial charge in [0, 0.05) is 45.8 Å². The van der Waals surface area contributed by atoms with E-state index in [9.17, 15) is 0 Å². The van der Waals surface area contributed by atoms with Crippen LogP contribution in [0.4, 0.5) is 0 Å². The van der Waals surface area contributed by atoms with Crippen molar-refractivity contribution in [2.24, 2.45) is 0 Å². The van der Waals surface area contributed by atoms with E-state index in [0.717, 1.165) is 38.4 Å². The maximum absolute atomic E-state index is 4.12. The third-order valence-corrected chi connectivity index (χ3v) is 6.19. The van der Waals surface area contributed by atoms with Gasteiger partial charge in [0.05, 0.1) is 10.6 Å². The molecule has 2 heterocycles. The van der Waals surface area contributed by atoms with Crippen molar-refractivity contribution in [2.75, 3.05) is 40.3 Å². The zero-order valence-corrected chi connectivity index (χ0v) is 17.6. The minimum absolute atomic E-state index is 0.907. The maximum atomic E-state index is 4.12. The van der Waals surface area contributed by atoms with Gasteiger partial charge in [-0.2, -0.15) is 0 Å². The highest BCUT2D eigenvalue weighted by molar-refractivity contribution is 7.05. The van der Waals surface area contributed by atoms with Crippen LogP contribution >= 0.6 is 11.5 Å². The zero-order valence-electron chi connectivity index (χ0n) is 16.7. The van der Waals surface area contributed by atoms with Crippen molar-refractivity contribution in [3.63, 3.8) is 0 Å². The number of benzene rings is 1. The van der Waals surface area contributed by atoms with Gasteiger partial charge < -0.3 is 4.90 Å². The zero-order chi connectivity index (χ0) is 18.7. The molecule has 3 rings (SSSR count). The van der Waals surface area contributed by atoms with Gasteiger partial charge in [-0.25, -0.2) is 0 Å². The Bertz CT molecular complexity index is 734. The van der Waals surface area contributed by atoms with Gasteiger partial charge in [0.25, 0.3) is 0 Å². The lowest BCUT2D eigenvalue weighted by Gasteiger charge is -2.33. The molecule has 1 aliphatic heterocycles. The molecule has 1 aromatic heterocycles. The number of aryl methyl sites for hydroxylation is 3. The third kappa shape index (κ3) is 4.88. The highest BCUT2D eigenvalue weighted by Gasteiger charge is 2.16. The first-order valence-corrected chi connectivity index (χ1v) is 10.2. The van der Waals surface area contributed by atoms with Crippen LogP contribution in [0.15, 0.2) is 12.1 Å². The van der Waals surface area contributed by atoms with Crippen LogP contribution in [-0.4, -0.2) is 64.6 Å². The summed E-state index contributed by atoms with van der Waals surface area (Å²) >= 11 is 1.51. The van der Waals surface area contributed by atoms with Gasteiger partial charge in [-0.1, -0.05) is 16.6 Å². The molecule has 1 fully saturated rings. The number of nitrogens with zero attached hydrogens (tertiary/aromatic N) is 5. The average Bonchev–Trinajstić information content (AvgIpc) is 2.99. The minimum Gasteiger partial charge on any atom is -0.304 e. The number of rotatable bonds is 6. The van der Waals surface area contributed by atoms with Gasteiger partial charge in [-0.15, -0.1) is 5.10 Å². The predicted molar refractivity (Wildman–Crippen MR) is 109 cm³/mol. The van der Waals surface area contributed by atoms with Crippen LogP contribution in [0.1, 0.15) is 32.8 Å². The van der Waals surface area contributed by atoms with E-state index in [2.05, 4.69) is 64.4 Å². The molecule has 0 spiro atoms. The molecule has 0 radical (unpaired) electrons. The second-order valence-electron chi connectivity index (χ2n) is 7.74. The fourth-order valence-corrected chi connectivity index (χ4v) is 4.24. The second kappa shape index (κ2) is 8.57. The Morgan fingerprint density at radius 2 is 1.69 bits per heavy atom. The van der Waals surface area contributed by atoms with E-state index < -0.39 is 0 Å². The van der Waals surface area contributed by atoms with Crippen molar-refractivity contribution in [3.05, 3.63) is 45.0 Å². The fourth-order valence-electron chi connectivity index (χ4n) is 3.52. The summed E-state index contributed by atoms with van der Waals surface area (Å²) in [4.78, 5) is 8.61. The van der Waals surface area contributed by atoms with Crippen LogP contribution in [0.5, 0.6) is 0 Å². The molecule has 5 nitrogen and oxygen atoms in total. The smallest absolute Gasteiger partial charge is 0.0769 e. The standard InChI is InChI=1S/C20H31N5S/c1-15-10-16(2)19(13-25-8-6-23(4)7-9-25)11-18(15)12-24(5)14-20-17(3)21-22-26-20/h10-11H,6-9,12-14H2,1-5H3. The second-order valence-corrected chi connectivity index (χ2v) is 8.58. The van der Waals surface area contributed by atoms with E-state index >= 15 is 0 Å². The normalized spacial score (nSPS) is 16.5. The van der Waals surface area contributed by atoms with Crippen LogP contribution in [0.25, 0.3) is 0 Å². The summed E-state index contributed by atoms with van der Waals surface area (Å²) in [5.41, 5.74) is 6.75. The molecule has 6 heteroatoms. The van der Waals surface area contributed by atoms with Crippen molar-refractivity contribution < 1.29 is 0 Å². The van der Waals surface area contributed by atoms with Crippen LogP contribution in [0.2, 0.25) is 0 Å². The molecule has 1 saturated heterocycles. The number of hydrogen-bond donors (Lipinski definition) is 0. The molecule has 0 amide bonds. The summed E-state index contributed by atoms with van der Waals surface area (Å²) in [6, 6.07) is 4.78. The highest BCUT2D eigenvalue weighted by Crippen LogP contribution is 2.21. The summed E-state index contributed by atoms with van der Waals surface area (Å²) in [5, 5.41) is 4.12. The van der Waals surface area contributed by atoms with Gasteiger partial charge in [-0.3, -0.25) is 9.80 Å². The van der Waals surface area contributed by atoms with E-state index in [1.807, 2.05) is 6.92 Å². The Morgan fingerprint density at radius 1 is 1.00 bits per heavy atom. The first kappa shape index (κ1) is 19.4. The van der Waals surface area contributed by atoms with Crippen LogP contribution in [0.3, 0.4) is 0 Å².